The summed E-state index contributed by atoms with van der Waals surface area (Å²) in [5.41, 5.74) is 1.56. The second-order valence-electron chi connectivity index (χ2n) is 5.09. The third-order valence-electron chi connectivity index (χ3n) is 3.27. The summed E-state index contributed by atoms with van der Waals surface area (Å²) in [6.07, 6.45) is 1.67. The molecule has 1 amide bonds. The van der Waals surface area contributed by atoms with Crippen LogP contribution >= 0.6 is 11.8 Å². The third kappa shape index (κ3) is 4.45. The fraction of sp³-hybridized carbons (Fsp3) is 0.118. The summed E-state index contributed by atoms with van der Waals surface area (Å²) in [5.74, 6) is -0.0270. The maximum atomic E-state index is 12.1. The predicted molar refractivity (Wildman–Crippen MR) is 96.7 cm³/mol. The lowest BCUT2D eigenvalue weighted by atomic mass is 10.2. The minimum absolute atomic E-state index is 0.127. The van der Waals surface area contributed by atoms with Gasteiger partial charge in [0.2, 0.25) is 11.1 Å². The van der Waals surface area contributed by atoms with Crippen LogP contribution < -0.4 is 5.32 Å². The highest BCUT2D eigenvalue weighted by Gasteiger charge is 2.11. The zero-order valence-corrected chi connectivity index (χ0v) is 14.6. The van der Waals surface area contributed by atoms with Gasteiger partial charge < -0.3 is 10.1 Å². The van der Waals surface area contributed by atoms with Crippen molar-refractivity contribution in [1.82, 2.24) is 20.2 Å². The van der Waals surface area contributed by atoms with Gasteiger partial charge in [0.25, 0.3) is 0 Å². The van der Waals surface area contributed by atoms with Crippen molar-refractivity contribution in [3.05, 3.63) is 54.2 Å². The van der Waals surface area contributed by atoms with Gasteiger partial charge in [-0.3, -0.25) is 14.9 Å². The molecule has 0 saturated carbocycles. The topological polar surface area (TPSA) is 110 Å². The third-order valence-corrected chi connectivity index (χ3v) is 4.12. The first-order chi connectivity index (χ1) is 12.7. The molecule has 3 aromatic rings. The average molecular weight is 369 g/mol. The Morgan fingerprint density at radius 2 is 2.12 bits per heavy atom. The molecule has 8 nitrogen and oxygen atoms in total. The van der Waals surface area contributed by atoms with Crippen LogP contribution in [-0.4, -0.2) is 44.9 Å². The largest absolute Gasteiger partial charge is 0.465 e. The zero-order chi connectivity index (χ0) is 18.4. The highest BCUT2D eigenvalue weighted by molar-refractivity contribution is 7.99. The molecule has 26 heavy (non-hydrogen) atoms. The number of aromatic amines is 1. The molecule has 0 atom stereocenters. The molecule has 0 aliphatic carbocycles. The molecule has 2 heterocycles. The number of hydrogen-bond acceptors (Lipinski definition) is 7. The van der Waals surface area contributed by atoms with Gasteiger partial charge in [-0.05, 0) is 30.3 Å². The molecule has 1 aromatic carbocycles. The highest BCUT2D eigenvalue weighted by Crippen LogP contribution is 2.18. The molecule has 0 aliphatic heterocycles. The van der Waals surface area contributed by atoms with Gasteiger partial charge in [0, 0.05) is 11.9 Å². The number of nitrogens with zero attached hydrogens (tertiary/aromatic N) is 3. The first-order valence-electron chi connectivity index (χ1n) is 7.60. The van der Waals surface area contributed by atoms with E-state index in [2.05, 4.69) is 30.2 Å². The molecular formula is C17H15N5O3S. The lowest BCUT2D eigenvalue weighted by Crippen LogP contribution is -2.14. The molecule has 132 valence electrons. The molecule has 9 heteroatoms. The number of pyridine rings is 1. The fourth-order valence-electron chi connectivity index (χ4n) is 2.10. The predicted octanol–water partition coefficient (Wildman–Crippen LogP) is 2.38. The Balaban J connectivity index is 1.56. The number of amides is 1. The van der Waals surface area contributed by atoms with Gasteiger partial charge in [-0.25, -0.2) is 4.79 Å². The number of rotatable bonds is 6. The number of esters is 1. The summed E-state index contributed by atoms with van der Waals surface area (Å²) < 4.78 is 4.66. The Morgan fingerprint density at radius 3 is 2.88 bits per heavy atom. The van der Waals surface area contributed by atoms with Crippen LogP contribution in [0.2, 0.25) is 0 Å². The summed E-state index contributed by atoms with van der Waals surface area (Å²) in [5, 5.41) is 10.0. The van der Waals surface area contributed by atoms with Crippen LogP contribution in [0, 0.1) is 0 Å². The Hall–Kier alpha value is -3.20. The van der Waals surface area contributed by atoms with Gasteiger partial charge in [0.05, 0.1) is 18.4 Å². The number of hydrogen-bond donors (Lipinski definition) is 2. The van der Waals surface area contributed by atoms with E-state index in [0.29, 0.717) is 27.9 Å². The number of methoxy groups -OCH3 is 1. The van der Waals surface area contributed by atoms with E-state index in [-0.39, 0.29) is 11.7 Å². The first kappa shape index (κ1) is 17.6. The van der Waals surface area contributed by atoms with E-state index >= 15 is 0 Å². The van der Waals surface area contributed by atoms with E-state index in [1.54, 1.807) is 30.5 Å². The van der Waals surface area contributed by atoms with Gasteiger partial charge in [-0.1, -0.05) is 23.9 Å². The molecule has 2 aromatic heterocycles. The number of aromatic nitrogens is 4. The van der Waals surface area contributed by atoms with Crippen LogP contribution in [-0.2, 0) is 9.53 Å². The summed E-state index contributed by atoms with van der Waals surface area (Å²) >= 11 is 1.19. The quantitative estimate of drug-likeness (QED) is 0.507. The van der Waals surface area contributed by atoms with Crippen LogP contribution in [0.3, 0.4) is 0 Å². The first-order valence-corrected chi connectivity index (χ1v) is 8.59. The van der Waals surface area contributed by atoms with Gasteiger partial charge in [-0.15, -0.1) is 5.10 Å². The second-order valence-corrected chi connectivity index (χ2v) is 6.03. The minimum atomic E-state index is -0.460. The van der Waals surface area contributed by atoms with Crippen molar-refractivity contribution in [3.63, 3.8) is 0 Å². The normalized spacial score (nSPS) is 10.3. The van der Waals surface area contributed by atoms with Gasteiger partial charge in [-0.2, -0.15) is 4.98 Å². The van der Waals surface area contributed by atoms with E-state index in [4.69, 9.17) is 0 Å². The molecule has 3 rings (SSSR count). The summed E-state index contributed by atoms with van der Waals surface area (Å²) in [4.78, 5) is 32.1. The SMILES string of the molecule is COC(=O)c1cccc(NC(=O)CSc2n[nH]c(-c3ccccn3)n2)c1. The van der Waals surface area contributed by atoms with Crippen LogP contribution in [0.15, 0.2) is 53.8 Å². The monoisotopic (exact) mass is 369 g/mol. The van der Waals surface area contributed by atoms with E-state index in [0.717, 1.165) is 0 Å². The van der Waals surface area contributed by atoms with Gasteiger partial charge in [0.1, 0.15) is 5.69 Å². The fourth-order valence-corrected chi connectivity index (χ4v) is 2.70. The lowest BCUT2D eigenvalue weighted by molar-refractivity contribution is -0.113. The van der Waals surface area contributed by atoms with Crippen molar-refractivity contribution in [2.45, 2.75) is 5.16 Å². The van der Waals surface area contributed by atoms with Crippen molar-refractivity contribution in [2.24, 2.45) is 0 Å². The van der Waals surface area contributed by atoms with Crippen molar-refractivity contribution >= 4 is 29.3 Å². The maximum absolute atomic E-state index is 12.1. The number of thioether (sulfide) groups is 1. The van der Waals surface area contributed by atoms with Crippen LogP contribution in [0.5, 0.6) is 0 Å². The Morgan fingerprint density at radius 1 is 1.23 bits per heavy atom. The van der Waals surface area contributed by atoms with Crippen LogP contribution in [0.4, 0.5) is 5.69 Å². The lowest BCUT2D eigenvalue weighted by Gasteiger charge is -2.06. The van der Waals surface area contributed by atoms with Gasteiger partial charge >= 0.3 is 5.97 Å². The molecule has 0 saturated heterocycles. The Labute approximate surface area is 153 Å². The number of H-pyrrole nitrogens is 1. The van der Waals surface area contributed by atoms with E-state index in [9.17, 15) is 9.59 Å². The molecule has 0 aliphatic rings. The molecular weight excluding hydrogens is 354 g/mol. The summed E-state index contributed by atoms with van der Waals surface area (Å²) in [7, 11) is 1.31. The Kier molecular flexibility index (Phi) is 5.59. The van der Waals surface area contributed by atoms with Crippen LogP contribution in [0.25, 0.3) is 11.5 Å². The smallest absolute Gasteiger partial charge is 0.337 e. The molecule has 0 unspecified atom stereocenters. The van der Waals surface area contributed by atoms with Crippen LogP contribution in [0.1, 0.15) is 10.4 Å². The number of anilines is 1. The Bertz CT molecular complexity index is 914. The van der Waals surface area contributed by atoms with E-state index < -0.39 is 5.97 Å². The summed E-state index contributed by atoms with van der Waals surface area (Å²) in [6.45, 7) is 0. The average Bonchev–Trinajstić information content (AvgIpc) is 3.16. The standard InChI is InChI=1S/C17H15N5O3S/c1-25-16(24)11-5-4-6-12(9-11)19-14(23)10-26-17-20-15(21-22-17)13-7-2-3-8-18-13/h2-9H,10H2,1H3,(H,19,23)(H,20,21,22). The zero-order valence-electron chi connectivity index (χ0n) is 13.8. The second kappa shape index (κ2) is 8.26. The number of ether oxygens (including phenoxy) is 1. The van der Waals surface area contributed by atoms with E-state index in [1.165, 1.54) is 18.9 Å². The maximum Gasteiger partial charge on any atom is 0.337 e. The van der Waals surface area contributed by atoms with Crippen molar-refractivity contribution in [2.75, 3.05) is 18.2 Å². The molecule has 0 fully saturated rings. The number of carbonyl (C=O) groups excluding carboxylic acids is 2. The highest BCUT2D eigenvalue weighted by atomic mass is 32.2. The number of nitrogens with one attached hydrogen (secondary N) is 2. The molecule has 2 N–H and O–H groups in total. The van der Waals surface area contributed by atoms with Crippen molar-refractivity contribution in [1.29, 1.82) is 0 Å². The number of benzene rings is 1. The van der Waals surface area contributed by atoms with Crippen molar-refractivity contribution < 1.29 is 14.3 Å². The van der Waals surface area contributed by atoms with Gasteiger partial charge in [0.15, 0.2) is 5.82 Å². The van der Waals surface area contributed by atoms with E-state index in [1.807, 2.05) is 18.2 Å². The minimum Gasteiger partial charge on any atom is -0.465 e. The summed E-state index contributed by atoms with van der Waals surface area (Å²) in [6, 6.07) is 12.0. The molecule has 0 spiro atoms. The number of carbonyl (C=O) groups is 2. The van der Waals surface area contributed by atoms with Crippen molar-refractivity contribution in [3.8, 4) is 11.5 Å². The molecule has 0 radical (unpaired) electrons. The molecule has 0 bridgehead atoms.